The van der Waals surface area contributed by atoms with E-state index < -0.39 is 0 Å². The number of rotatable bonds is 4. The molecule has 0 radical (unpaired) electrons. The summed E-state index contributed by atoms with van der Waals surface area (Å²) < 4.78 is 4.88. The van der Waals surface area contributed by atoms with Gasteiger partial charge in [-0.2, -0.15) is 0 Å². The highest BCUT2D eigenvalue weighted by Gasteiger charge is 2.12. The van der Waals surface area contributed by atoms with Crippen molar-refractivity contribution in [2.24, 2.45) is 0 Å². The lowest BCUT2D eigenvalue weighted by molar-refractivity contribution is 0.0392. The summed E-state index contributed by atoms with van der Waals surface area (Å²) in [6.45, 7) is 5.39. The second-order valence-corrected chi connectivity index (χ2v) is 3.51. The number of nitrogens with zero attached hydrogens (tertiary/aromatic N) is 1. The number of methoxy groups -OCH3 is 1. The summed E-state index contributed by atoms with van der Waals surface area (Å²) in [5.41, 5.74) is 0. The zero-order chi connectivity index (χ0) is 9.52. The Morgan fingerprint density at radius 1 is 1.46 bits per heavy atom. The van der Waals surface area contributed by atoms with Crippen LogP contribution in [0.3, 0.4) is 0 Å². The Morgan fingerprint density at radius 3 is 3.08 bits per heavy atom. The lowest BCUT2D eigenvalue weighted by Gasteiger charge is -2.22. The zero-order valence-electron chi connectivity index (χ0n) is 8.33. The van der Waals surface area contributed by atoms with Crippen molar-refractivity contribution in [2.45, 2.75) is 12.5 Å². The maximum absolute atomic E-state index is 9.51. The third kappa shape index (κ3) is 4.57. The minimum atomic E-state index is -0.344. The van der Waals surface area contributed by atoms with Gasteiger partial charge in [-0.1, -0.05) is 0 Å². The molecule has 1 heterocycles. The average molecular weight is 188 g/mol. The van der Waals surface area contributed by atoms with Gasteiger partial charge >= 0.3 is 0 Å². The van der Waals surface area contributed by atoms with E-state index in [1.807, 2.05) is 0 Å². The van der Waals surface area contributed by atoms with Gasteiger partial charge < -0.3 is 15.2 Å². The van der Waals surface area contributed by atoms with Crippen LogP contribution in [0.25, 0.3) is 0 Å². The van der Waals surface area contributed by atoms with E-state index in [2.05, 4.69) is 10.2 Å². The highest BCUT2D eigenvalue weighted by molar-refractivity contribution is 4.69. The number of nitrogens with one attached hydrogen (secondary N) is 1. The number of aliphatic hydroxyl groups is 1. The monoisotopic (exact) mass is 188 g/mol. The van der Waals surface area contributed by atoms with Crippen LogP contribution < -0.4 is 5.32 Å². The minimum absolute atomic E-state index is 0.344. The largest absolute Gasteiger partial charge is 0.389 e. The van der Waals surface area contributed by atoms with Crippen LogP contribution in [-0.2, 0) is 4.74 Å². The van der Waals surface area contributed by atoms with Gasteiger partial charge in [0.25, 0.3) is 0 Å². The summed E-state index contributed by atoms with van der Waals surface area (Å²) in [6, 6.07) is 0. The van der Waals surface area contributed by atoms with Gasteiger partial charge in [-0.15, -0.1) is 0 Å². The molecule has 1 atom stereocenters. The van der Waals surface area contributed by atoms with E-state index in [1.165, 1.54) is 6.42 Å². The van der Waals surface area contributed by atoms with Crippen molar-refractivity contribution in [2.75, 3.05) is 46.4 Å². The molecule has 1 aliphatic heterocycles. The van der Waals surface area contributed by atoms with Crippen LogP contribution in [0.2, 0.25) is 0 Å². The molecule has 1 aliphatic rings. The third-order valence-electron chi connectivity index (χ3n) is 2.26. The van der Waals surface area contributed by atoms with Gasteiger partial charge in [0.15, 0.2) is 0 Å². The molecule has 0 aliphatic carbocycles. The van der Waals surface area contributed by atoms with Crippen LogP contribution in [0.4, 0.5) is 0 Å². The fraction of sp³-hybridized carbons (Fsp3) is 1.00. The van der Waals surface area contributed by atoms with E-state index in [0.29, 0.717) is 6.61 Å². The quantitative estimate of drug-likeness (QED) is 0.612. The van der Waals surface area contributed by atoms with Crippen LogP contribution in [-0.4, -0.2) is 62.6 Å². The molecular formula is C9H20N2O2. The van der Waals surface area contributed by atoms with Crippen molar-refractivity contribution in [3.63, 3.8) is 0 Å². The molecule has 1 saturated heterocycles. The summed E-state index contributed by atoms with van der Waals surface area (Å²) in [7, 11) is 1.62. The van der Waals surface area contributed by atoms with Crippen molar-refractivity contribution < 1.29 is 9.84 Å². The van der Waals surface area contributed by atoms with Gasteiger partial charge in [-0.05, 0) is 19.5 Å². The summed E-state index contributed by atoms with van der Waals surface area (Å²) >= 11 is 0. The van der Waals surface area contributed by atoms with E-state index >= 15 is 0 Å². The van der Waals surface area contributed by atoms with Crippen molar-refractivity contribution in [1.29, 1.82) is 0 Å². The first-order chi connectivity index (χ1) is 6.33. The smallest absolute Gasteiger partial charge is 0.0900 e. The Bertz CT molecular complexity index is 125. The number of hydrogen-bond donors (Lipinski definition) is 2. The molecule has 13 heavy (non-hydrogen) atoms. The molecule has 4 heteroatoms. The summed E-state index contributed by atoms with van der Waals surface area (Å²) in [5, 5.41) is 12.8. The molecule has 0 aromatic carbocycles. The summed E-state index contributed by atoms with van der Waals surface area (Å²) in [5.74, 6) is 0. The molecule has 0 amide bonds. The molecule has 78 valence electrons. The Labute approximate surface area is 79.9 Å². The van der Waals surface area contributed by atoms with Gasteiger partial charge in [0.2, 0.25) is 0 Å². The lowest BCUT2D eigenvalue weighted by atomic mass is 10.3. The topological polar surface area (TPSA) is 44.7 Å². The van der Waals surface area contributed by atoms with Gasteiger partial charge in [0.05, 0.1) is 12.7 Å². The molecule has 1 rings (SSSR count). The highest BCUT2D eigenvalue weighted by atomic mass is 16.5. The first-order valence-corrected chi connectivity index (χ1v) is 4.93. The Hall–Kier alpha value is -0.160. The fourth-order valence-corrected chi connectivity index (χ4v) is 1.63. The average Bonchev–Trinajstić information content (AvgIpc) is 2.33. The van der Waals surface area contributed by atoms with Crippen LogP contribution in [0.5, 0.6) is 0 Å². The molecule has 0 aromatic heterocycles. The SMILES string of the molecule is COC[C@@H](O)CN1CCCNCC1. The van der Waals surface area contributed by atoms with Gasteiger partial charge in [-0.25, -0.2) is 0 Å². The first kappa shape index (κ1) is 10.9. The van der Waals surface area contributed by atoms with Crippen LogP contribution in [0, 0.1) is 0 Å². The van der Waals surface area contributed by atoms with E-state index in [-0.39, 0.29) is 6.10 Å². The van der Waals surface area contributed by atoms with Crippen molar-refractivity contribution >= 4 is 0 Å². The first-order valence-electron chi connectivity index (χ1n) is 4.93. The second-order valence-electron chi connectivity index (χ2n) is 3.51. The second kappa shape index (κ2) is 6.32. The number of hydrogen-bond acceptors (Lipinski definition) is 4. The fourth-order valence-electron chi connectivity index (χ4n) is 1.63. The number of β-amino-alcohol motifs (C(OH)–C–C–N with tert-alkyl or cyclic N) is 1. The predicted octanol–water partition coefficient (Wildman–Crippen LogP) is -0.711. The summed E-state index contributed by atoms with van der Waals surface area (Å²) in [6.07, 6.45) is 0.822. The molecule has 0 saturated carbocycles. The van der Waals surface area contributed by atoms with Crippen LogP contribution in [0.1, 0.15) is 6.42 Å². The van der Waals surface area contributed by atoms with Gasteiger partial charge in [0.1, 0.15) is 0 Å². The van der Waals surface area contributed by atoms with Gasteiger partial charge in [0, 0.05) is 26.7 Å². The van der Waals surface area contributed by atoms with Gasteiger partial charge in [-0.3, -0.25) is 4.90 Å². The highest BCUT2D eigenvalue weighted by Crippen LogP contribution is 1.97. The minimum Gasteiger partial charge on any atom is -0.389 e. The van der Waals surface area contributed by atoms with E-state index in [0.717, 1.165) is 32.7 Å². The molecule has 0 spiro atoms. The molecule has 1 fully saturated rings. The molecule has 4 nitrogen and oxygen atoms in total. The number of aliphatic hydroxyl groups excluding tert-OH is 1. The molecule has 2 N–H and O–H groups in total. The normalized spacial score (nSPS) is 22.6. The van der Waals surface area contributed by atoms with Crippen LogP contribution in [0.15, 0.2) is 0 Å². The van der Waals surface area contributed by atoms with Crippen molar-refractivity contribution in [3.8, 4) is 0 Å². The molecule has 0 aromatic rings. The third-order valence-corrected chi connectivity index (χ3v) is 2.26. The predicted molar refractivity (Wildman–Crippen MR) is 51.8 cm³/mol. The van der Waals surface area contributed by atoms with E-state index in [1.54, 1.807) is 7.11 Å². The maximum Gasteiger partial charge on any atom is 0.0900 e. The van der Waals surface area contributed by atoms with Crippen LogP contribution >= 0.6 is 0 Å². The van der Waals surface area contributed by atoms with E-state index in [9.17, 15) is 5.11 Å². The summed E-state index contributed by atoms with van der Waals surface area (Å²) in [4.78, 5) is 2.28. The Balaban J connectivity index is 2.17. The van der Waals surface area contributed by atoms with Crippen molar-refractivity contribution in [3.05, 3.63) is 0 Å². The molecule has 0 unspecified atom stereocenters. The molecule has 0 bridgehead atoms. The maximum atomic E-state index is 9.51. The van der Waals surface area contributed by atoms with Crippen molar-refractivity contribution in [1.82, 2.24) is 10.2 Å². The Kier molecular flexibility index (Phi) is 5.31. The zero-order valence-corrected chi connectivity index (χ0v) is 8.33. The Morgan fingerprint density at radius 2 is 2.31 bits per heavy atom. The number of ether oxygens (including phenoxy) is 1. The van der Waals surface area contributed by atoms with E-state index in [4.69, 9.17) is 4.74 Å². The standard InChI is InChI=1S/C9H20N2O2/c1-13-8-9(12)7-11-5-2-3-10-4-6-11/h9-10,12H,2-8H2,1H3/t9-/m0/s1. The molecular weight excluding hydrogens is 168 g/mol. The lowest BCUT2D eigenvalue weighted by Crippen LogP contribution is -2.36.